The second-order valence-electron chi connectivity index (χ2n) is 9.93. The smallest absolute Gasteiger partial charge is 0.228 e. The van der Waals surface area contributed by atoms with Gasteiger partial charge in [-0.3, -0.25) is 4.79 Å². The molecule has 4 aromatic rings. The number of nitrogens with zero attached hydrogens (tertiary/aromatic N) is 5. The minimum absolute atomic E-state index is 0.136. The van der Waals surface area contributed by atoms with Gasteiger partial charge in [-0.1, -0.05) is 13.0 Å². The fraction of sp³-hybridized carbons (Fsp3) is 0.379. The molecule has 2 aromatic heterocycles. The Morgan fingerprint density at radius 2 is 1.81 bits per heavy atom. The van der Waals surface area contributed by atoms with Gasteiger partial charge >= 0.3 is 0 Å². The maximum Gasteiger partial charge on any atom is 0.228 e. The highest BCUT2D eigenvalue weighted by Crippen LogP contribution is 2.34. The van der Waals surface area contributed by atoms with Gasteiger partial charge in [-0.05, 0) is 62.1 Å². The number of carbonyl (C=O) groups is 1. The molecule has 2 aliphatic rings. The third-order valence-electron chi connectivity index (χ3n) is 7.18. The van der Waals surface area contributed by atoms with Crippen LogP contribution in [0.2, 0.25) is 0 Å². The number of hydrogen-bond acceptors (Lipinski definition) is 7. The molecule has 0 unspecified atom stereocenters. The summed E-state index contributed by atoms with van der Waals surface area (Å²) in [7, 11) is 0. The zero-order valence-electron chi connectivity index (χ0n) is 21.4. The molecule has 6 rings (SSSR count). The predicted octanol–water partition coefficient (Wildman–Crippen LogP) is 5.38. The minimum Gasteiger partial charge on any atom is -0.378 e. The third kappa shape index (κ3) is 5.06. The summed E-state index contributed by atoms with van der Waals surface area (Å²) >= 11 is 0. The van der Waals surface area contributed by atoms with Crippen LogP contribution in [0.5, 0.6) is 0 Å². The number of fused-ring (bicyclic) bond motifs is 1. The molecule has 2 fully saturated rings. The second-order valence-corrected chi connectivity index (χ2v) is 9.93. The number of ether oxygens (including phenoxy) is 1. The SMILES string of the molecule is CCC(=O)c1ccc(Nc2cc(-c3ccc4nc(C)n(CC5CC5)c4c3)nc(N3CCOCC3)n2)cc1. The van der Waals surface area contributed by atoms with Crippen molar-refractivity contribution in [2.24, 2.45) is 5.92 Å². The van der Waals surface area contributed by atoms with E-state index >= 15 is 0 Å². The summed E-state index contributed by atoms with van der Waals surface area (Å²) in [6.45, 7) is 7.82. The molecule has 0 spiro atoms. The zero-order chi connectivity index (χ0) is 25.4. The summed E-state index contributed by atoms with van der Waals surface area (Å²) in [5.74, 6) is 3.36. The quantitative estimate of drug-likeness (QED) is 0.328. The van der Waals surface area contributed by atoms with Crippen LogP contribution in [0.15, 0.2) is 48.5 Å². The summed E-state index contributed by atoms with van der Waals surface area (Å²) < 4.78 is 7.90. The number of anilines is 3. The van der Waals surface area contributed by atoms with Crippen LogP contribution in [-0.4, -0.2) is 51.6 Å². The van der Waals surface area contributed by atoms with E-state index in [1.165, 1.54) is 12.8 Å². The Kier molecular flexibility index (Phi) is 6.34. The average molecular weight is 497 g/mol. The van der Waals surface area contributed by atoms with Crippen LogP contribution >= 0.6 is 0 Å². The second kappa shape index (κ2) is 9.94. The van der Waals surface area contributed by atoms with Crippen molar-refractivity contribution in [1.82, 2.24) is 19.5 Å². The number of benzene rings is 2. The van der Waals surface area contributed by atoms with Crippen molar-refractivity contribution in [2.75, 3.05) is 36.5 Å². The predicted molar refractivity (Wildman–Crippen MR) is 146 cm³/mol. The first-order valence-electron chi connectivity index (χ1n) is 13.2. The number of aromatic nitrogens is 4. The topological polar surface area (TPSA) is 85.2 Å². The molecule has 3 heterocycles. The van der Waals surface area contributed by atoms with Crippen LogP contribution in [0.1, 0.15) is 42.4 Å². The Morgan fingerprint density at radius 1 is 1.03 bits per heavy atom. The lowest BCUT2D eigenvalue weighted by molar-refractivity contribution is 0.0988. The Hall–Kier alpha value is -3.78. The number of nitrogens with one attached hydrogen (secondary N) is 1. The van der Waals surface area contributed by atoms with Crippen LogP contribution in [0.3, 0.4) is 0 Å². The normalized spacial score (nSPS) is 15.8. The molecule has 37 heavy (non-hydrogen) atoms. The summed E-state index contributed by atoms with van der Waals surface area (Å²) in [5.41, 5.74) is 5.66. The molecule has 0 amide bonds. The van der Waals surface area contributed by atoms with Crippen LogP contribution in [-0.2, 0) is 11.3 Å². The number of hydrogen-bond donors (Lipinski definition) is 1. The number of Topliss-reactive ketones (excluding diaryl/α,β-unsaturated/α-hetero) is 1. The van der Waals surface area contributed by atoms with Crippen molar-refractivity contribution in [3.8, 4) is 11.3 Å². The lowest BCUT2D eigenvalue weighted by Crippen LogP contribution is -2.37. The van der Waals surface area contributed by atoms with Crippen molar-refractivity contribution in [3.63, 3.8) is 0 Å². The van der Waals surface area contributed by atoms with E-state index < -0.39 is 0 Å². The highest BCUT2D eigenvalue weighted by molar-refractivity contribution is 5.96. The van der Waals surface area contributed by atoms with E-state index in [9.17, 15) is 4.79 Å². The van der Waals surface area contributed by atoms with Gasteiger partial charge in [-0.25, -0.2) is 9.97 Å². The summed E-state index contributed by atoms with van der Waals surface area (Å²) in [6.07, 6.45) is 3.10. The molecule has 0 bridgehead atoms. The molecule has 1 saturated carbocycles. The van der Waals surface area contributed by atoms with Crippen molar-refractivity contribution in [2.45, 2.75) is 39.7 Å². The summed E-state index contributed by atoms with van der Waals surface area (Å²) in [4.78, 5) is 28.8. The fourth-order valence-corrected chi connectivity index (χ4v) is 4.83. The van der Waals surface area contributed by atoms with Gasteiger partial charge in [-0.15, -0.1) is 0 Å². The van der Waals surface area contributed by atoms with E-state index in [0.717, 1.165) is 64.9 Å². The number of imidazole rings is 1. The first kappa shape index (κ1) is 23.6. The Bertz CT molecular complexity index is 1440. The van der Waals surface area contributed by atoms with Gasteiger partial charge in [0.1, 0.15) is 11.6 Å². The van der Waals surface area contributed by atoms with Crippen LogP contribution in [0, 0.1) is 12.8 Å². The molecule has 0 radical (unpaired) electrons. The van der Waals surface area contributed by atoms with E-state index in [4.69, 9.17) is 19.7 Å². The average Bonchev–Trinajstić information content (AvgIpc) is 3.71. The standard InChI is InChI=1S/C29H32N6O2/c1-3-27(36)21-6-9-23(10-7-21)31-28-17-25(32-29(33-28)34-12-14-37-15-13-34)22-8-11-24-26(16-22)35(19(2)30-24)18-20-4-5-20/h6-11,16-17,20H,3-5,12-15,18H2,1-2H3,(H,31,32,33). The molecule has 190 valence electrons. The molecule has 1 aliphatic heterocycles. The third-order valence-corrected chi connectivity index (χ3v) is 7.18. The first-order valence-corrected chi connectivity index (χ1v) is 13.2. The van der Waals surface area contributed by atoms with Gasteiger partial charge in [-0.2, -0.15) is 4.98 Å². The molecule has 8 nitrogen and oxygen atoms in total. The Labute approximate surface area is 216 Å². The number of morpholine rings is 1. The molecule has 1 aliphatic carbocycles. The Morgan fingerprint density at radius 3 is 2.54 bits per heavy atom. The molecule has 0 atom stereocenters. The molecular formula is C29H32N6O2. The lowest BCUT2D eigenvalue weighted by Gasteiger charge is -2.27. The van der Waals surface area contributed by atoms with Gasteiger partial charge in [0, 0.05) is 48.9 Å². The molecule has 2 aromatic carbocycles. The van der Waals surface area contributed by atoms with Gasteiger partial charge in [0.2, 0.25) is 5.95 Å². The van der Waals surface area contributed by atoms with Crippen molar-refractivity contribution < 1.29 is 9.53 Å². The van der Waals surface area contributed by atoms with Crippen LogP contribution < -0.4 is 10.2 Å². The van der Waals surface area contributed by atoms with E-state index in [1.54, 1.807) is 0 Å². The minimum atomic E-state index is 0.136. The number of rotatable bonds is 8. The molecule has 1 saturated heterocycles. The van der Waals surface area contributed by atoms with E-state index in [2.05, 4.69) is 39.9 Å². The van der Waals surface area contributed by atoms with Crippen LogP contribution in [0.25, 0.3) is 22.3 Å². The van der Waals surface area contributed by atoms with Gasteiger partial charge in [0.05, 0.1) is 29.9 Å². The monoisotopic (exact) mass is 496 g/mol. The van der Waals surface area contributed by atoms with Gasteiger partial charge in [0.25, 0.3) is 0 Å². The summed E-state index contributed by atoms with van der Waals surface area (Å²) in [6, 6.07) is 15.9. The van der Waals surface area contributed by atoms with E-state index in [-0.39, 0.29) is 5.78 Å². The fourth-order valence-electron chi connectivity index (χ4n) is 4.83. The highest BCUT2D eigenvalue weighted by atomic mass is 16.5. The maximum atomic E-state index is 12.0. The maximum absolute atomic E-state index is 12.0. The van der Waals surface area contributed by atoms with Crippen LogP contribution in [0.4, 0.5) is 17.5 Å². The lowest BCUT2D eigenvalue weighted by atomic mass is 10.1. The zero-order valence-corrected chi connectivity index (χ0v) is 21.4. The van der Waals surface area contributed by atoms with Gasteiger partial charge in [0.15, 0.2) is 5.78 Å². The van der Waals surface area contributed by atoms with Crippen molar-refractivity contribution in [3.05, 3.63) is 59.9 Å². The van der Waals surface area contributed by atoms with Crippen molar-refractivity contribution >= 4 is 34.3 Å². The highest BCUT2D eigenvalue weighted by Gasteiger charge is 2.24. The molecular weight excluding hydrogens is 464 g/mol. The molecule has 1 N–H and O–H groups in total. The molecule has 8 heteroatoms. The Balaban J connectivity index is 1.37. The number of carbonyl (C=O) groups excluding carboxylic acids is 1. The first-order chi connectivity index (χ1) is 18.1. The van der Waals surface area contributed by atoms with E-state index in [0.29, 0.717) is 31.4 Å². The summed E-state index contributed by atoms with van der Waals surface area (Å²) in [5, 5.41) is 3.43. The van der Waals surface area contributed by atoms with Gasteiger partial charge < -0.3 is 19.5 Å². The number of ketones is 1. The van der Waals surface area contributed by atoms with E-state index in [1.807, 2.05) is 37.3 Å². The van der Waals surface area contributed by atoms with Crippen molar-refractivity contribution in [1.29, 1.82) is 0 Å². The number of aryl methyl sites for hydroxylation is 1. The largest absolute Gasteiger partial charge is 0.378 e.